The number of benzene rings is 1. The van der Waals surface area contributed by atoms with Crippen LogP contribution in [0.4, 0.5) is 5.69 Å². The summed E-state index contributed by atoms with van der Waals surface area (Å²) in [6, 6.07) is 2.92. The molecule has 1 aliphatic heterocycles. The predicted octanol–water partition coefficient (Wildman–Crippen LogP) is 2.25. The average Bonchev–Trinajstić information content (AvgIpc) is 2.70. The number of anilines is 1. The van der Waals surface area contributed by atoms with Crippen molar-refractivity contribution in [2.75, 3.05) is 18.1 Å². The normalized spacial score (nSPS) is 19.0. The summed E-state index contributed by atoms with van der Waals surface area (Å²) in [6.07, 6.45) is 0.302. The van der Waals surface area contributed by atoms with E-state index in [1.54, 1.807) is 4.90 Å². The molecule has 1 fully saturated rings. The molecule has 19 heavy (non-hydrogen) atoms. The number of amides is 1. The monoisotopic (exact) mass is 391 g/mol. The van der Waals surface area contributed by atoms with Crippen LogP contribution < -0.4 is 4.90 Å². The Bertz CT molecular complexity index is 524. The van der Waals surface area contributed by atoms with Crippen molar-refractivity contribution in [3.05, 3.63) is 26.6 Å². The van der Waals surface area contributed by atoms with Gasteiger partial charge in [-0.2, -0.15) is 0 Å². The predicted molar refractivity (Wildman–Crippen MR) is 76.3 cm³/mol. The van der Waals surface area contributed by atoms with Gasteiger partial charge in [-0.05, 0) is 44.0 Å². The zero-order valence-electron chi connectivity index (χ0n) is 9.77. The van der Waals surface area contributed by atoms with Gasteiger partial charge in [0, 0.05) is 34.4 Å². The highest BCUT2D eigenvalue weighted by Gasteiger charge is 2.32. The van der Waals surface area contributed by atoms with Gasteiger partial charge >= 0.3 is 5.97 Å². The lowest BCUT2D eigenvalue weighted by molar-refractivity contribution is -0.117. The Morgan fingerprint density at radius 2 is 1.95 bits per heavy atom. The van der Waals surface area contributed by atoms with Gasteiger partial charge in [-0.1, -0.05) is 0 Å². The Kier molecular flexibility index (Phi) is 4.27. The minimum Gasteiger partial charge on any atom is -0.478 e. The van der Waals surface area contributed by atoms with Crippen molar-refractivity contribution < 1.29 is 19.8 Å². The number of halogens is 2. The maximum Gasteiger partial charge on any atom is 0.335 e. The van der Waals surface area contributed by atoms with Gasteiger partial charge in [0.1, 0.15) is 0 Å². The lowest BCUT2D eigenvalue weighted by Crippen LogP contribution is -2.26. The number of aromatic carboxylic acids is 1. The van der Waals surface area contributed by atoms with Crippen LogP contribution in [0.2, 0.25) is 0 Å². The van der Waals surface area contributed by atoms with E-state index >= 15 is 0 Å². The third kappa shape index (κ3) is 2.82. The Labute approximate surface area is 126 Å². The second-order valence-corrected chi connectivity index (χ2v) is 6.06. The van der Waals surface area contributed by atoms with Gasteiger partial charge in [0.15, 0.2) is 0 Å². The Morgan fingerprint density at radius 1 is 1.37 bits per heavy atom. The fourth-order valence-corrected chi connectivity index (χ4v) is 3.68. The second-order valence-electron chi connectivity index (χ2n) is 4.35. The van der Waals surface area contributed by atoms with Gasteiger partial charge < -0.3 is 15.1 Å². The lowest BCUT2D eigenvalue weighted by atomic mass is 10.1. The largest absolute Gasteiger partial charge is 0.478 e. The number of hydrogen-bond acceptors (Lipinski definition) is 3. The summed E-state index contributed by atoms with van der Waals surface area (Å²) in [6.45, 7) is 0.392. The fraction of sp³-hybridized carbons (Fsp3) is 0.333. The Balaban J connectivity index is 2.41. The number of carboxylic acid groups (broad SMARTS) is 1. The molecule has 1 aliphatic rings. The number of carbonyl (C=O) groups is 2. The second kappa shape index (κ2) is 5.60. The van der Waals surface area contributed by atoms with E-state index in [0.717, 1.165) is 0 Å². The van der Waals surface area contributed by atoms with Crippen LogP contribution in [0, 0.1) is 5.92 Å². The molecule has 0 radical (unpaired) electrons. The van der Waals surface area contributed by atoms with Gasteiger partial charge in [-0.25, -0.2) is 4.79 Å². The zero-order valence-corrected chi connectivity index (χ0v) is 12.9. The SMILES string of the molecule is O=C(O)c1cc(Br)c(N2CC(CO)CC2=O)c(Br)c1. The maximum absolute atomic E-state index is 11.9. The van der Waals surface area contributed by atoms with Gasteiger partial charge in [-0.3, -0.25) is 4.79 Å². The van der Waals surface area contributed by atoms with E-state index in [4.69, 9.17) is 10.2 Å². The summed E-state index contributed by atoms with van der Waals surface area (Å²) in [7, 11) is 0. The summed E-state index contributed by atoms with van der Waals surface area (Å²) in [5, 5.41) is 18.1. The summed E-state index contributed by atoms with van der Waals surface area (Å²) in [5.41, 5.74) is 0.735. The molecule has 2 N–H and O–H groups in total. The molecule has 7 heteroatoms. The van der Waals surface area contributed by atoms with Crippen LogP contribution in [-0.4, -0.2) is 35.2 Å². The molecule has 0 aromatic heterocycles. The zero-order chi connectivity index (χ0) is 14.2. The highest BCUT2D eigenvalue weighted by Crippen LogP contribution is 2.38. The van der Waals surface area contributed by atoms with Crippen LogP contribution in [0.15, 0.2) is 21.1 Å². The number of hydrogen-bond donors (Lipinski definition) is 2. The maximum atomic E-state index is 11.9. The molecular formula is C12H11Br2NO4. The molecule has 0 spiro atoms. The van der Waals surface area contributed by atoms with E-state index in [-0.39, 0.29) is 24.0 Å². The quantitative estimate of drug-likeness (QED) is 0.826. The third-order valence-corrected chi connectivity index (χ3v) is 4.21. The van der Waals surface area contributed by atoms with Crippen LogP contribution >= 0.6 is 31.9 Å². The van der Waals surface area contributed by atoms with Crippen molar-refractivity contribution in [1.82, 2.24) is 0 Å². The average molecular weight is 393 g/mol. The molecule has 1 aromatic carbocycles. The summed E-state index contributed by atoms with van der Waals surface area (Å²) < 4.78 is 1.07. The molecule has 0 aliphatic carbocycles. The molecule has 2 rings (SSSR count). The number of aliphatic hydroxyl groups excluding tert-OH is 1. The van der Waals surface area contributed by atoms with Gasteiger partial charge in [0.2, 0.25) is 5.91 Å². The van der Waals surface area contributed by atoms with E-state index < -0.39 is 5.97 Å². The minimum atomic E-state index is -1.03. The fourth-order valence-electron chi connectivity index (χ4n) is 2.07. The van der Waals surface area contributed by atoms with E-state index in [1.165, 1.54) is 12.1 Å². The van der Waals surface area contributed by atoms with Crippen molar-refractivity contribution in [1.29, 1.82) is 0 Å². The van der Waals surface area contributed by atoms with Crippen molar-refractivity contribution >= 4 is 49.4 Å². The van der Waals surface area contributed by atoms with Crippen LogP contribution in [-0.2, 0) is 4.79 Å². The minimum absolute atomic E-state index is 0.0370. The van der Waals surface area contributed by atoms with Crippen molar-refractivity contribution in [3.8, 4) is 0 Å². The first kappa shape index (κ1) is 14.5. The summed E-state index contributed by atoms with van der Waals surface area (Å²) >= 11 is 6.59. The van der Waals surface area contributed by atoms with E-state index in [9.17, 15) is 9.59 Å². The smallest absolute Gasteiger partial charge is 0.335 e. The first-order valence-corrected chi connectivity index (χ1v) is 7.16. The highest BCUT2D eigenvalue weighted by atomic mass is 79.9. The molecule has 0 saturated carbocycles. The summed E-state index contributed by atoms with van der Waals surface area (Å²) in [5.74, 6) is -1.19. The number of nitrogens with zero attached hydrogens (tertiary/aromatic N) is 1. The molecule has 1 saturated heterocycles. The molecule has 102 valence electrons. The van der Waals surface area contributed by atoms with E-state index in [1.807, 2.05) is 0 Å². The first-order valence-electron chi connectivity index (χ1n) is 5.57. The Hall–Kier alpha value is -0.920. The topological polar surface area (TPSA) is 77.8 Å². The summed E-state index contributed by atoms with van der Waals surface area (Å²) in [4.78, 5) is 24.4. The van der Waals surface area contributed by atoms with Crippen LogP contribution in [0.25, 0.3) is 0 Å². The lowest BCUT2D eigenvalue weighted by Gasteiger charge is -2.20. The third-order valence-electron chi connectivity index (χ3n) is 3.00. The van der Waals surface area contributed by atoms with Crippen molar-refractivity contribution in [3.63, 3.8) is 0 Å². The van der Waals surface area contributed by atoms with E-state index in [2.05, 4.69) is 31.9 Å². The van der Waals surface area contributed by atoms with Gasteiger partial charge in [0.05, 0.1) is 11.3 Å². The molecular weight excluding hydrogens is 382 g/mol. The molecule has 1 aromatic rings. The first-order chi connectivity index (χ1) is 8.93. The van der Waals surface area contributed by atoms with Crippen LogP contribution in [0.5, 0.6) is 0 Å². The van der Waals surface area contributed by atoms with Gasteiger partial charge in [-0.15, -0.1) is 0 Å². The Morgan fingerprint density at radius 3 is 2.37 bits per heavy atom. The van der Waals surface area contributed by atoms with Crippen molar-refractivity contribution in [2.24, 2.45) is 5.92 Å². The molecule has 1 amide bonds. The molecule has 1 unspecified atom stereocenters. The number of carbonyl (C=O) groups excluding carboxylic acids is 1. The standard InChI is InChI=1S/C12H11Br2NO4/c13-8-2-7(12(18)19)3-9(14)11(8)15-4-6(5-16)1-10(15)17/h2-3,6,16H,1,4-5H2,(H,18,19). The highest BCUT2D eigenvalue weighted by molar-refractivity contribution is 9.11. The van der Waals surface area contributed by atoms with Crippen LogP contribution in [0.1, 0.15) is 16.8 Å². The molecule has 1 heterocycles. The number of aliphatic hydroxyl groups is 1. The van der Waals surface area contributed by atoms with Gasteiger partial charge in [0.25, 0.3) is 0 Å². The number of rotatable bonds is 3. The van der Waals surface area contributed by atoms with E-state index in [0.29, 0.717) is 27.6 Å². The molecule has 0 bridgehead atoms. The van der Waals surface area contributed by atoms with Crippen LogP contribution in [0.3, 0.4) is 0 Å². The van der Waals surface area contributed by atoms with Crippen molar-refractivity contribution in [2.45, 2.75) is 6.42 Å². The number of carboxylic acids is 1. The molecule has 1 atom stereocenters. The molecule has 5 nitrogen and oxygen atoms in total.